The highest BCUT2D eigenvalue weighted by atomic mass is 14.3. The normalized spacial score (nSPS) is 9.90. The van der Waals surface area contributed by atoms with E-state index in [0.29, 0.717) is 11.1 Å². The van der Waals surface area contributed by atoms with E-state index in [0.717, 1.165) is 21.9 Å². The number of fused-ring (bicyclic) bond motifs is 1. The molecule has 20 heavy (non-hydrogen) atoms. The monoisotopic (exact) mass is 254 g/mol. The Morgan fingerprint density at radius 3 is 2.15 bits per heavy atom. The van der Waals surface area contributed by atoms with Gasteiger partial charge in [0.25, 0.3) is 0 Å². The van der Waals surface area contributed by atoms with Crippen LogP contribution in [0.25, 0.3) is 21.9 Å². The van der Waals surface area contributed by atoms with E-state index in [1.807, 2.05) is 54.6 Å². The fourth-order valence-electron chi connectivity index (χ4n) is 2.46. The molecule has 0 aliphatic carbocycles. The van der Waals surface area contributed by atoms with Crippen LogP contribution in [0.4, 0.5) is 0 Å². The molecule has 0 fully saturated rings. The molecule has 92 valence electrons. The van der Waals surface area contributed by atoms with E-state index in [1.165, 1.54) is 0 Å². The number of benzene rings is 3. The summed E-state index contributed by atoms with van der Waals surface area (Å²) in [4.78, 5) is 0. The Kier molecular flexibility index (Phi) is 2.92. The predicted molar refractivity (Wildman–Crippen MR) is 78.8 cm³/mol. The van der Waals surface area contributed by atoms with Crippen LogP contribution in [0.2, 0.25) is 0 Å². The number of hydrogen-bond acceptors (Lipinski definition) is 2. The Hall–Kier alpha value is -3.10. The van der Waals surface area contributed by atoms with Crippen molar-refractivity contribution in [3.05, 3.63) is 71.8 Å². The number of nitrogens with zero attached hydrogens (tertiary/aromatic N) is 2. The first-order chi connectivity index (χ1) is 9.85. The van der Waals surface area contributed by atoms with Gasteiger partial charge in [0.05, 0.1) is 11.1 Å². The maximum Gasteiger partial charge on any atom is 0.101 e. The van der Waals surface area contributed by atoms with Crippen LogP contribution in [-0.4, -0.2) is 0 Å². The van der Waals surface area contributed by atoms with Gasteiger partial charge in [-0.1, -0.05) is 54.6 Å². The lowest BCUT2D eigenvalue weighted by molar-refractivity contribution is 1.44. The molecule has 0 saturated carbocycles. The zero-order valence-electron chi connectivity index (χ0n) is 10.7. The Balaban J connectivity index is 2.51. The summed E-state index contributed by atoms with van der Waals surface area (Å²) in [6, 6.07) is 23.6. The van der Waals surface area contributed by atoms with Crippen LogP contribution in [0, 0.1) is 22.7 Å². The Bertz CT molecular complexity index is 866. The quantitative estimate of drug-likeness (QED) is 0.651. The molecule has 0 aliphatic rings. The van der Waals surface area contributed by atoms with Crippen LogP contribution in [0.5, 0.6) is 0 Å². The van der Waals surface area contributed by atoms with Crippen molar-refractivity contribution in [2.45, 2.75) is 0 Å². The van der Waals surface area contributed by atoms with E-state index in [1.54, 1.807) is 6.07 Å². The van der Waals surface area contributed by atoms with E-state index in [2.05, 4.69) is 12.1 Å². The first-order valence-electron chi connectivity index (χ1n) is 6.26. The van der Waals surface area contributed by atoms with Crippen LogP contribution < -0.4 is 0 Å². The average molecular weight is 254 g/mol. The molecule has 0 aromatic heterocycles. The molecule has 0 aliphatic heterocycles. The zero-order valence-corrected chi connectivity index (χ0v) is 10.7. The van der Waals surface area contributed by atoms with Crippen molar-refractivity contribution in [2.24, 2.45) is 0 Å². The van der Waals surface area contributed by atoms with Gasteiger partial charge in [-0.05, 0) is 22.4 Å². The third kappa shape index (κ3) is 1.81. The van der Waals surface area contributed by atoms with Crippen molar-refractivity contribution in [1.82, 2.24) is 0 Å². The highest BCUT2D eigenvalue weighted by Gasteiger charge is 2.14. The lowest BCUT2D eigenvalue weighted by Crippen LogP contribution is -1.92. The second-order valence-electron chi connectivity index (χ2n) is 4.48. The lowest BCUT2D eigenvalue weighted by atomic mass is 9.90. The van der Waals surface area contributed by atoms with Gasteiger partial charge in [-0.15, -0.1) is 0 Å². The molecule has 0 N–H and O–H groups in total. The van der Waals surface area contributed by atoms with Crippen LogP contribution in [0.3, 0.4) is 0 Å². The molecular weight excluding hydrogens is 244 g/mol. The second kappa shape index (κ2) is 4.88. The van der Waals surface area contributed by atoms with Crippen molar-refractivity contribution >= 4 is 10.8 Å². The summed E-state index contributed by atoms with van der Waals surface area (Å²) in [7, 11) is 0. The molecule has 3 aromatic carbocycles. The number of hydrogen-bond donors (Lipinski definition) is 0. The molecule has 0 saturated heterocycles. The van der Waals surface area contributed by atoms with Gasteiger partial charge in [0.1, 0.15) is 12.1 Å². The molecule has 0 radical (unpaired) electrons. The van der Waals surface area contributed by atoms with Crippen molar-refractivity contribution in [3.63, 3.8) is 0 Å². The zero-order chi connectivity index (χ0) is 13.9. The van der Waals surface area contributed by atoms with Gasteiger partial charge in [-0.25, -0.2) is 0 Å². The molecule has 0 unspecified atom stereocenters. The minimum absolute atomic E-state index is 0.421. The highest BCUT2D eigenvalue weighted by molar-refractivity contribution is 6.00. The van der Waals surface area contributed by atoms with Crippen LogP contribution in [0.15, 0.2) is 60.7 Å². The molecular formula is C18H10N2. The SMILES string of the molecule is N#Cc1cc2ccccc2c(-c2ccccc2)c1C#N. The van der Waals surface area contributed by atoms with Gasteiger partial charge in [-0.2, -0.15) is 10.5 Å². The Labute approximate surface area is 117 Å². The maximum atomic E-state index is 9.45. The topological polar surface area (TPSA) is 47.6 Å². The van der Waals surface area contributed by atoms with Gasteiger partial charge in [0.15, 0.2) is 0 Å². The van der Waals surface area contributed by atoms with Crippen LogP contribution in [-0.2, 0) is 0 Å². The van der Waals surface area contributed by atoms with E-state index < -0.39 is 0 Å². The van der Waals surface area contributed by atoms with Crippen molar-refractivity contribution in [2.75, 3.05) is 0 Å². The molecule has 0 bridgehead atoms. The fourth-order valence-corrected chi connectivity index (χ4v) is 2.46. The first kappa shape index (κ1) is 12.0. The molecule has 2 heteroatoms. The minimum atomic E-state index is 0.421. The standard InChI is InChI=1S/C18H10N2/c19-11-15-10-14-8-4-5-9-16(14)18(17(15)12-20)13-6-2-1-3-7-13/h1-10H. The van der Waals surface area contributed by atoms with E-state index in [-0.39, 0.29) is 0 Å². The first-order valence-corrected chi connectivity index (χ1v) is 6.26. The number of nitriles is 2. The molecule has 0 spiro atoms. The van der Waals surface area contributed by atoms with Gasteiger partial charge >= 0.3 is 0 Å². The third-order valence-electron chi connectivity index (χ3n) is 3.34. The minimum Gasteiger partial charge on any atom is -0.192 e. The molecule has 0 atom stereocenters. The predicted octanol–water partition coefficient (Wildman–Crippen LogP) is 4.25. The summed E-state index contributed by atoms with van der Waals surface area (Å²) in [6.45, 7) is 0. The smallest absolute Gasteiger partial charge is 0.101 e. The third-order valence-corrected chi connectivity index (χ3v) is 3.34. The highest BCUT2D eigenvalue weighted by Crippen LogP contribution is 2.33. The second-order valence-corrected chi connectivity index (χ2v) is 4.48. The Morgan fingerprint density at radius 2 is 1.45 bits per heavy atom. The number of rotatable bonds is 1. The lowest BCUT2D eigenvalue weighted by Gasteiger charge is -2.10. The summed E-state index contributed by atoms with van der Waals surface area (Å²) >= 11 is 0. The molecule has 3 aromatic rings. The van der Waals surface area contributed by atoms with Gasteiger partial charge in [-0.3, -0.25) is 0 Å². The summed E-state index contributed by atoms with van der Waals surface area (Å²) in [5, 5.41) is 20.7. The molecule has 0 heterocycles. The van der Waals surface area contributed by atoms with Crippen molar-refractivity contribution < 1.29 is 0 Å². The van der Waals surface area contributed by atoms with Crippen molar-refractivity contribution in [3.8, 4) is 23.3 Å². The van der Waals surface area contributed by atoms with E-state index in [4.69, 9.17) is 0 Å². The van der Waals surface area contributed by atoms with Gasteiger partial charge < -0.3 is 0 Å². The fraction of sp³-hybridized carbons (Fsp3) is 0. The largest absolute Gasteiger partial charge is 0.192 e. The maximum absolute atomic E-state index is 9.45. The van der Waals surface area contributed by atoms with Crippen molar-refractivity contribution in [1.29, 1.82) is 10.5 Å². The summed E-state index contributed by atoms with van der Waals surface area (Å²) in [5.41, 5.74) is 2.66. The summed E-state index contributed by atoms with van der Waals surface area (Å²) in [6.07, 6.45) is 0. The van der Waals surface area contributed by atoms with Gasteiger partial charge in [0.2, 0.25) is 0 Å². The summed E-state index contributed by atoms with van der Waals surface area (Å²) in [5.74, 6) is 0. The molecule has 2 nitrogen and oxygen atoms in total. The van der Waals surface area contributed by atoms with Crippen LogP contribution >= 0.6 is 0 Å². The van der Waals surface area contributed by atoms with Gasteiger partial charge in [0, 0.05) is 5.56 Å². The van der Waals surface area contributed by atoms with Crippen LogP contribution in [0.1, 0.15) is 11.1 Å². The average Bonchev–Trinajstić information content (AvgIpc) is 2.53. The molecule has 0 amide bonds. The van der Waals surface area contributed by atoms with E-state index >= 15 is 0 Å². The molecule has 3 rings (SSSR count). The summed E-state index contributed by atoms with van der Waals surface area (Å²) < 4.78 is 0. The van der Waals surface area contributed by atoms with E-state index in [9.17, 15) is 10.5 Å². The Morgan fingerprint density at radius 1 is 0.750 bits per heavy atom.